The van der Waals surface area contributed by atoms with Crippen LogP contribution in [0.2, 0.25) is 0 Å². The number of nitrogens with two attached hydrogens (primary N) is 1. The van der Waals surface area contributed by atoms with Gasteiger partial charge in [0.05, 0.1) is 11.6 Å². The molecule has 0 aliphatic rings. The number of hydrogen-bond donors (Lipinski definition) is 2. The molecule has 0 saturated heterocycles. The molecule has 4 rings (SSSR count). The zero-order chi connectivity index (χ0) is 17.9. The van der Waals surface area contributed by atoms with E-state index in [1.165, 1.54) is 11.3 Å². The number of nitrogen functional groups attached to an aromatic ring is 1. The summed E-state index contributed by atoms with van der Waals surface area (Å²) < 4.78 is 1.75. The van der Waals surface area contributed by atoms with E-state index >= 15 is 0 Å². The van der Waals surface area contributed by atoms with Crippen molar-refractivity contribution < 1.29 is 0 Å². The minimum absolute atomic E-state index is 0.503. The van der Waals surface area contributed by atoms with Gasteiger partial charge in [-0.15, -0.1) is 10.2 Å². The van der Waals surface area contributed by atoms with Gasteiger partial charge in [0, 0.05) is 38.0 Å². The average Bonchev–Trinajstić information content (AvgIpc) is 3.25. The Bertz CT molecular complexity index is 1020. The maximum absolute atomic E-state index is 5.61. The molecule has 0 saturated carbocycles. The largest absolute Gasteiger partial charge is 0.374 e. The Morgan fingerprint density at radius 3 is 2.81 bits per heavy atom. The zero-order valence-corrected chi connectivity index (χ0v) is 14.9. The van der Waals surface area contributed by atoms with Crippen molar-refractivity contribution in [2.45, 2.75) is 12.8 Å². The minimum atomic E-state index is 0.503. The van der Waals surface area contributed by atoms with Gasteiger partial charge in [-0.25, -0.2) is 9.97 Å². The van der Waals surface area contributed by atoms with Gasteiger partial charge in [0.15, 0.2) is 11.5 Å². The van der Waals surface area contributed by atoms with Gasteiger partial charge in [0.2, 0.25) is 5.13 Å². The number of anilines is 2. The fraction of sp³-hybridized carbons (Fsp3) is 0.250. The number of aryl methyl sites for hydroxylation is 2. The van der Waals surface area contributed by atoms with Gasteiger partial charge in [0.1, 0.15) is 10.8 Å². The highest BCUT2D eigenvalue weighted by molar-refractivity contribution is 7.15. The van der Waals surface area contributed by atoms with E-state index < -0.39 is 0 Å². The number of nitrogens with zero attached hydrogens (tertiary/aromatic N) is 7. The molecule has 0 fully saturated rings. The number of fused-ring (bicyclic) bond motifs is 1. The molecule has 3 N–H and O–H groups in total. The highest BCUT2D eigenvalue weighted by Crippen LogP contribution is 2.24. The molecule has 0 amide bonds. The average molecular weight is 367 g/mol. The Labute approximate surface area is 153 Å². The molecule has 0 aliphatic heterocycles. The van der Waals surface area contributed by atoms with Crippen molar-refractivity contribution >= 4 is 33.3 Å². The minimum Gasteiger partial charge on any atom is -0.374 e. The normalized spacial score (nSPS) is 11.1. The smallest absolute Gasteiger partial charge is 0.203 e. The highest BCUT2D eigenvalue weighted by Gasteiger charge is 2.12. The number of rotatable bonds is 6. The van der Waals surface area contributed by atoms with Crippen LogP contribution in [0.4, 0.5) is 10.9 Å². The Hall–Kier alpha value is -3.14. The Balaban J connectivity index is 1.55. The summed E-state index contributed by atoms with van der Waals surface area (Å²) in [5.74, 6) is 1.41. The number of aromatic nitrogens is 7. The van der Waals surface area contributed by atoms with Gasteiger partial charge in [0.25, 0.3) is 0 Å². The molecule has 0 aliphatic carbocycles. The predicted octanol–water partition coefficient (Wildman–Crippen LogP) is 1.90. The molecule has 0 aromatic carbocycles. The summed E-state index contributed by atoms with van der Waals surface area (Å²) in [6.45, 7) is 0.746. The summed E-state index contributed by atoms with van der Waals surface area (Å²) in [6.07, 6.45) is 6.95. The molecule has 0 atom stereocenters. The van der Waals surface area contributed by atoms with Crippen LogP contribution in [0.25, 0.3) is 22.4 Å². The number of nitrogens with one attached hydrogen (secondary N) is 1. The third kappa shape index (κ3) is 3.31. The van der Waals surface area contributed by atoms with E-state index in [0.717, 1.165) is 46.8 Å². The summed E-state index contributed by atoms with van der Waals surface area (Å²) in [4.78, 5) is 13.4. The molecule has 132 valence electrons. The van der Waals surface area contributed by atoms with Crippen LogP contribution in [-0.2, 0) is 13.5 Å². The lowest BCUT2D eigenvalue weighted by Gasteiger charge is -2.09. The SMILES string of the molecule is Cn1ncc2c(NCCCc3nnc(N)s3)nc(-c3ccncc3)nc21. The highest BCUT2D eigenvalue weighted by atomic mass is 32.1. The van der Waals surface area contributed by atoms with Crippen LogP contribution in [0.1, 0.15) is 11.4 Å². The second-order valence-corrected chi connectivity index (χ2v) is 6.80. The fourth-order valence-corrected chi connectivity index (χ4v) is 3.25. The van der Waals surface area contributed by atoms with E-state index in [9.17, 15) is 0 Å². The van der Waals surface area contributed by atoms with Gasteiger partial charge in [-0.1, -0.05) is 11.3 Å². The van der Waals surface area contributed by atoms with Crippen LogP contribution in [-0.4, -0.2) is 41.5 Å². The second kappa shape index (κ2) is 7.00. The van der Waals surface area contributed by atoms with Crippen molar-refractivity contribution in [3.8, 4) is 11.4 Å². The van der Waals surface area contributed by atoms with Crippen molar-refractivity contribution in [3.63, 3.8) is 0 Å². The molecule has 0 unspecified atom stereocenters. The maximum Gasteiger partial charge on any atom is 0.203 e. The summed E-state index contributed by atoms with van der Waals surface area (Å²) >= 11 is 1.42. The van der Waals surface area contributed by atoms with Crippen LogP contribution in [0.3, 0.4) is 0 Å². The molecule has 4 heterocycles. The molecule has 4 aromatic heterocycles. The summed E-state index contributed by atoms with van der Waals surface area (Å²) in [6, 6.07) is 3.78. The number of pyridine rings is 1. The van der Waals surface area contributed by atoms with Crippen molar-refractivity contribution in [2.24, 2.45) is 7.05 Å². The molecule has 0 radical (unpaired) electrons. The van der Waals surface area contributed by atoms with E-state index in [1.807, 2.05) is 19.2 Å². The van der Waals surface area contributed by atoms with Crippen LogP contribution in [0.15, 0.2) is 30.7 Å². The second-order valence-electron chi connectivity index (χ2n) is 5.70. The van der Waals surface area contributed by atoms with Crippen molar-refractivity contribution in [1.82, 2.24) is 34.9 Å². The molecule has 0 spiro atoms. The molecule has 0 bridgehead atoms. The topological polar surface area (TPSA) is 120 Å². The van der Waals surface area contributed by atoms with Gasteiger partial charge >= 0.3 is 0 Å². The van der Waals surface area contributed by atoms with Crippen molar-refractivity contribution in [3.05, 3.63) is 35.7 Å². The van der Waals surface area contributed by atoms with E-state index in [4.69, 9.17) is 5.73 Å². The molecule has 4 aromatic rings. The van der Waals surface area contributed by atoms with Crippen LogP contribution in [0, 0.1) is 0 Å². The first-order chi connectivity index (χ1) is 12.7. The Morgan fingerprint density at radius 1 is 1.19 bits per heavy atom. The summed E-state index contributed by atoms with van der Waals surface area (Å²) in [5.41, 5.74) is 7.31. The van der Waals surface area contributed by atoms with Gasteiger partial charge < -0.3 is 11.1 Å². The predicted molar refractivity (Wildman–Crippen MR) is 101 cm³/mol. The molecule has 26 heavy (non-hydrogen) atoms. The first-order valence-corrected chi connectivity index (χ1v) is 8.94. The molecule has 9 nitrogen and oxygen atoms in total. The zero-order valence-electron chi connectivity index (χ0n) is 14.1. The van der Waals surface area contributed by atoms with E-state index in [2.05, 4.69) is 35.6 Å². The molecular weight excluding hydrogens is 350 g/mol. The van der Waals surface area contributed by atoms with E-state index in [1.54, 1.807) is 23.3 Å². The maximum atomic E-state index is 5.61. The van der Waals surface area contributed by atoms with E-state index in [0.29, 0.717) is 11.0 Å². The molecule has 10 heteroatoms. The third-order valence-electron chi connectivity index (χ3n) is 3.87. The van der Waals surface area contributed by atoms with Crippen LogP contribution < -0.4 is 11.1 Å². The lowest BCUT2D eigenvalue weighted by atomic mass is 10.2. The van der Waals surface area contributed by atoms with E-state index in [-0.39, 0.29) is 0 Å². The Morgan fingerprint density at radius 2 is 2.04 bits per heavy atom. The Kier molecular flexibility index (Phi) is 4.40. The number of hydrogen-bond acceptors (Lipinski definition) is 9. The quantitative estimate of drug-likeness (QED) is 0.496. The van der Waals surface area contributed by atoms with Crippen molar-refractivity contribution in [2.75, 3.05) is 17.6 Å². The first-order valence-electron chi connectivity index (χ1n) is 8.12. The van der Waals surface area contributed by atoms with Gasteiger partial charge in [-0.2, -0.15) is 5.10 Å². The lowest BCUT2D eigenvalue weighted by Crippen LogP contribution is -2.07. The van der Waals surface area contributed by atoms with Crippen LogP contribution in [0.5, 0.6) is 0 Å². The molecular formula is C16H17N9S. The standard InChI is InChI=1S/C16H17N9S/c1-25-15-11(9-20-25)14(19-6-2-3-12-23-24-16(17)26-12)21-13(22-15)10-4-7-18-8-5-10/h4-5,7-9H,2-3,6H2,1H3,(H2,17,24)(H,19,21,22). The fourth-order valence-electron chi connectivity index (χ4n) is 2.60. The lowest BCUT2D eigenvalue weighted by molar-refractivity contribution is 0.786. The monoisotopic (exact) mass is 367 g/mol. The van der Waals surface area contributed by atoms with Gasteiger partial charge in [-0.05, 0) is 18.6 Å². The van der Waals surface area contributed by atoms with Gasteiger partial charge in [-0.3, -0.25) is 9.67 Å². The summed E-state index contributed by atoms with van der Waals surface area (Å²) in [7, 11) is 1.87. The van der Waals surface area contributed by atoms with Crippen LogP contribution >= 0.6 is 11.3 Å². The first kappa shape index (κ1) is 16.3. The summed E-state index contributed by atoms with van der Waals surface area (Å²) in [5, 5.41) is 17.9. The van der Waals surface area contributed by atoms with Crippen molar-refractivity contribution in [1.29, 1.82) is 0 Å². The third-order valence-corrected chi connectivity index (χ3v) is 4.69.